The van der Waals surface area contributed by atoms with Crippen LogP contribution in [0.2, 0.25) is 0 Å². The lowest BCUT2D eigenvalue weighted by molar-refractivity contribution is 0.543. The van der Waals surface area contributed by atoms with Crippen LogP contribution in [0.1, 0.15) is 26.7 Å². The largest absolute Gasteiger partial charge is 0.387 e. The number of nitrogens with one attached hydrogen (secondary N) is 2. The van der Waals surface area contributed by atoms with Gasteiger partial charge in [0.05, 0.1) is 5.70 Å². The molecule has 0 bridgehead atoms. The van der Waals surface area contributed by atoms with E-state index in [1.807, 2.05) is 13.1 Å². The first-order chi connectivity index (χ1) is 7.11. The fourth-order valence-electron chi connectivity index (χ4n) is 1.25. The van der Waals surface area contributed by atoms with Gasteiger partial charge < -0.3 is 10.6 Å². The van der Waals surface area contributed by atoms with Gasteiger partial charge in [0.25, 0.3) is 0 Å². The summed E-state index contributed by atoms with van der Waals surface area (Å²) in [5, 5.41) is 6.38. The quantitative estimate of drug-likeness (QED) is 0.473. The zero-order valence-electron chi connectivity index (χ0n) is 10.3. The number of hydrogen-bond acceptors (Lipinski definition) is 2. The lowest BCUT2D eigenvalue weighted by Gasteiger charge is -2.13. The van der Waals surface area contributed by atoms with Gasteiger partial charge in [0.15, 0.2) is 0 Å². The van der Waals surface area contributed by atoms with Gasteiger partial charge >= 0.3 is 0 Å². The topological polar surface area (TPSA) is 24.1 Å². The highest BCUT2D eigenvalue weighted by Gasteiger charge is 1.99. The molecule has 0 aliphatic heterocycles. The van der Waals surface area contributed by atoms with E-state index in [4.69, 9.17) is 0 Å². The van der Waals surface area contributed by atoms with Crippen molar-refractivity contribution in [2.45, 2.75) is 26.7 Å². The molecule has 0 unspecified atom stereocenters. The fraction of sp³-hybridized carbons (Fsp3) is 0.538. The number of likely N-dealkylation sites (N-methyl/N-ethyl adjacent to an activating group) is 1. The monoisotopic (exact) mass is 208 g/mol. The Morgan fingerprint density at radius 3 is 2.53 bits per heavy atom. The molecule has 0 amide bonds. The molecule has 0 aromatic heterocycles. The van der Waals surface area contributed by atoms with E-state index in [-0.39, 0.29) is 0 Å². The highest BCUT2D eigenvalue weighted by Crippen LogP contribution is 2.04. The van der Waals surface area contributed by atoms with Crippen molar-refractivity contribution in [2.24, 2.45) is 5.92 Å². The molecule has 0 spiro atoms. The van der Waals surface area contributed by atoms with E-state index in [0.29, 0.717) is 0 Å². The normalized spacial score (nSPS) is 11.3. The van der Waals surface area contributed by atoms with Gasteiger partial charge in [-0.05, 0) is 24.8 Å². The first-order valence-corrected chi connectivity index (χ1v) is 5.55. The second-order valence-electron chi connectivity index (χ2n) is 4.01. The molecule has 0 fully saturated rings. The van der Waals surface area contributed by atoms with Crippen LogP contribution in [0.5, 0.6) is 0 Å². The van der Waals surface area contributed by atoms with Crippen LogP contribution in [-0.2, 0) is 0 Å². The number of hydrogen-bond donors (Lipinski definition) is 2. The Bertz CT molecular complexity index is 227. The van der Waals surface area contributed by atoms with Gasteiger partial charge in [-0.2, -0.15) is 0 Å². The van der Waals surface area contributed by atoms with Gasteiger partial charge in [-0.3, -0.25) is 0 Å². The second kappa shape index (κ2) is 8.16. The summed E-state index contributed by atoms with van der Waals surface area (Å²) in [6.45, 7) is 13.1. The molecule has 0 aromatic carbocycles. The first kappa shape index (κ1) is 13.8. The molecule has 0 saturated heterocycles. The maximum absolute atomic E-state index is 3.92. The zero-order chi connectivity index (χ0) is 11.7. The van der Waals surface area contributed by atoms with Crippen molar-refractivity contribution < 1.29 is 0 Å². The highest BCUT2D eigenvalue weighted by molar-refractivity contribution is 5.27. The van der Waals surface area contributed by atoms with Crippen LogP contribution in [0.4, 0.5) is 0 Å². The van der Waals surface area contributed by atoms with Crippen molar-refractivity contribution in [3.8, 4) is 0 Å². The van der Waals surface area contributed by atoms with Gasteiger partial charge in [-0.25, -0.2) is 0 Å². The fourth-order valence-corrected chi connectivity index (χ4v) is 1.25. The molecule has 0 radical (unpaired) electrons. The van der Waals surface area contributed by atoms with Crippen LogP contribution in [0.3, 0.4) is 0 Å². The molecule has 2 nitrogen and oxygen atoms in total. The van der Waals surface area contributed by atoms with Crippen molar-refractivity contribution in [3.05, 3.63) is 36.7 Å². The molecular weight excluding hydrogens is 184 g/mol. The minimum absolute atomic E-state index is 0.770. The summed E-state index contributed by atoms with van der Waals surface area (Å²) in [6, 6.07) is 0. The Hall–Kier alpha value is -1.18. The Balaban J connectivity index is 3.93. The van der Waals surface area contributed by atoms with E-state index in [9.17, 15) is 0 Å². The maximum Gasteiger partial charge on any atom is 0.0569 e. The molecule has 0 heterocycles. The van der Waals surface area contributed by atoms with Gasteiger partial charge in [-0.1, -0.05) is 33.1 Å². The van der Waals surface area contributed by atoms with Gasteiger partial charge in [0.1, 0.15) is 0 Å². The summed E-state index contributed by atoms with van der Waals surface area (Å²) in [6.07, 6.45) is 6.14. The molecule has 2 N–H and O–H groups in total. The predicted octanol–water partition coefficient (Wildman–Crippen LogP) is 2.82. The van der Waals surface area contributed by atoms with Crippen LogP contribution in [0.15, 0.2) is 36.7 Å². The summed E-state index contributed by atoms with van der Waals surface area (Å²) in [7, 11) is 1.87. The van der Waals surface area contributed by atoms with Crippen LogP contribution in [0, 0.1) is 5.92 Å². The SMILES string of the molecule is C=C/C=C(/NCCCC(C)C)C(=C)NC. The van der Waals surface area contributed by atoms with Crippen molar-refractivity contribution in [2.75, 3.05) is 13.6 Å². The molecule has 0 atom stereocenters. The van der Waals surface area contributed by atoms with Gasteiger partial charge in [0.2, 0.25) is 0 Å². The molecule has 2 heteroatoms. The van der Waals surface area contributed by atoms with Crippen molar-refractivity contribution in [1.29, 1.82) is 0 Å². The summed E-state index contributed by atoms with van der Waals surface area (Å²) >= 11 is 0. The van der Waals surface area contributed by atoms with E-state index >= 15 is 0 Å². The van der Waals surface area contributed by atoms with Crippen LogP contribution in [-0.4, -0.2) is 13.6 Å². The molecule has 0 aromatic rings. The maximum atomic E-state index is 3.92. The van der Waals surface area contributed by atoms with E-state index in [1.54, 1.807) is 6.08 Å². The average Bonchev–Trinajstić information content (AvgIpc) is 2.21. The van der Waals surface area contributed by atoms with Gasteiger partial charge in [-0.15, -0.1) is 0 Å². The van der Waals surface area contributed by atoms with E-state index in [0.717, 1.165) is 23.9 Å². The van der Waals surface area contributed by atoms with Gasteiger partial charge in [0, 0.05) is 19.3 Å². The van der Waals surface area contributed by atoms with E-state index < -0.39 is 0 Å². The zero-order valence-corrected chi connectivity index (χ0v) is 10.3. The summed E-state index contributed by atoms with van der Waals surface area (Å²) in [5.41, 5.74) is 1.93. The molecule has 0 rings (SSSR count). The highest BCUT2D eigenvalue weighted by atomic mass is 15.0. The average molecular weight is 208 g/mol. The molecule has 86 valence electrons. The molecular formula is C13H24N2. The third-order valence-electron chi connectivity index (χ3n) is 2.19. The minimum Gasteiger partial charge on any atom is -0.387 e. The van der Waals surface area contributed by atoms with Crippen molar-refractivity contribution in [1.82, 2.24) is 10.6 Å². The molecule has 0 saturated carbocycles. The Labute approximate surface area is 94.1 Å². The number of rotatable bonds is 8. The predicted molar refractivity (Wildman–Crippen MR) is 68.6 cm³/mol. The summed E-state index contributed by atoms with van der Waals surface area (Å²) in [4.78, 5) is 0. The van der Waals surface area contributed by atoms with Crippen molar-refractivity contribution in [3.63, 3.8) is 0 Å². The Kier molecular flexibility index (Phi) is 7.51. The lowest BCUT2D eigenvalue weighted by Crippen LogP contribution is -2.21. The summed E-state index contributed by atoms with van der Waals surface area (Å²) < 4.78 is 0. The first-order valence-electron chi connectivity index (χ1n) is 5.55. The standard InChI is InChI=1S/C13H24N2/c1-6-8-13(12(4)14-5)15-10-7-9-11(2)3/h6,8,11,14-15H,1,4,7,9-10H2,2-3,5H3/b13-8+. The Morgan fingerprint density at radius 2 is 2.07 bits per heavy atom. The smallest absolute Gasteiger partial charge is 0.0569 e. The van der Waals surface area contributed by atoms with E-state index in [2.05, 4.69) is 37.6 Å². The third-order valence-corrected chi connectivity index (χ3v) is 2.19. The lowest BCUT2D eigenvalue weighted by atomic mass is 10.1. The number of allylic oxidation sites excluding steroid dienone is 2. The van der Waals surface area contributed by atoms with Crippen LogP contribution < -0.4 is 10.6 Å². The van der Waals surface area contributed by atoms with E-state index in [1.165, 1.54) is 12.8 Å². The molecule has 0 aliphatic carbocycles. The minimum atomic E-state index is 0.770. The molecule has 0 aliphatic rings. The Morgan fingerprint density at radius 1 is 1.40 bits per heavy atom. The third kappa shape index (κ3) is 6.83. The van der Waals surface area contributed by atoms with Crippen molar-refractivity contribution >= 4 is 0 Å². The van der Waals surface area contributed by atoms with Crippen LogP contribution >= 0.6 is 0 Å². The molecule has 15 heavy (non-hydrogen) atoms. The second-order valence-corrected chi connectivity index (χ2v) is 4.01. The summed E-state index contributed by atoms with van der Waals surface area (Å²) in [5.74, 6) is 0.770. The van der Waals surface area contributed by atoms with Crippen LogP contribution in [0.25, 0.3) is 0 Å².